The van der Waals surface area contributed by atoms with Crippen molar-refractivity contribution >= 4 is 11.6 Å². The lowest BCUT2D eigenvalue weighted by Gasteiger charge is -2.22. The number of hydrogen-bond acceptors (Lipinski definition) is 5. The maximum Gasteiger partial charge on any atom is 0.458 e. The average Bonchev–Trinajstić information content (AvgIpc) is 3.10. The van der Waals surface area contributed by atoms with Crippen LogP contribution in [-0.4, -0.2) is 28.7 Å². The molecule has 0 aliphatic carbocycles. The van der Waals surface area contributed by atoms with E-state index in [2.05, 4.69) is 15.3 Å². The maximum atomic E-state index is 12.8. The zero-order chi connectivity index (χ0) is 20.4. The molecule has 1 aliphatic rings. The molecule has 0 radical (unpaired) electrons. The molecule has 0 saturated heterocycles. The molecule has 2 aromatic carbocycles. The Hall–Kier alpha value is -3.38. The Kier molecular flexibility index (Phi) is 5.07. The molecule has 6 nitrogen and oxygen atoms in total. The van der Waals surface area contributed by atoms with Crippen LogP contribution >= 0.6 is 0 Å². The Morgan fingerprint density at radius 1 is 1.29 bits per heavy atom. The lowest BCUT2D eigenvalue weighted by Crippen LogP contribution is -2.45. The lowest BCUT2D eigenvalue weighted by atomic mass is 10.0. The van der Waals surface area contributed by atoms with Crippen LogP contribution in [0.2, 0.25) is 0 Å². The number of carbonyl (C=O) groups is 1. The fourth-order valence-corrected chi connectivity index (χ4v) is 2.60. The van der Waals surface area contributed by atoms with Crippen molar-refractivity contribution < 1.29 is 27.9 Å². The van der Waals surface area contributed by atoms with Crippen molar-refractivity contribution in [2.24, 2.45) is 5.16 Å². The summed E-state index contributed by atoms with van der Waals surface area (Å²) < 4.78 is 38.5. The summed E-state index contributed by atoms with van der Waals surface area (Å²) >= 11 is 0. The minimum atomic E-state index is -4.97. The third-order valence-corrected chi connectivity index (χ3v) is 4.12. The standard InChI is InChI=1S/C19H14F3N3O3/c20-19(21,22)18(27)9-16(25-28-18)14-5-2-4-13(8-14)11-24-17(26)15-6-1-3-12(7-15)10-23/h1-8,27H,9,11H2,(H,24,26). The van der Waals surface area contributed by atoms with Crippen molar-refractivity contribution in [3.8, 4) is 6.07 Å². The first-order valence-corrected chi connectivity index (χ1v) is 8.14. The molecule has 1 heterocycles. The van der Waals surface area contributed by atoms with E-state index in [1.54, 1.807) is 36.4 Å². The highest BCUT2D eigenvalue weighted by atomic mass is 19.4. The zero-order valence-corrected chi connectivity index (χ0v) is 14.3. The average molecular weight is 389 g/mol. The minimum absolute atomic E-state index is 0.0466. The Balaban J connectivity index is 1.68. The van der Waals surface area contributed by atoms with Gasteiger partial charge in [0.05, 0.1) is 23.8 Å². The first kappa shape index (κ1) is 19.4. The summed E-state index contributed by atoms with van der Waals surface area (Å²) in [6.45, 7) is 0.112. The molecule has 2 aromatic rings. The number of nitrogens with one attached hydrogen (secondary N) is 1. The molecule has 0 fully saturated rings. The topological polar surface area (TPSA) is 94.7 Å². The highest BCUT2D eigenvalue weighted by Crippen LogP contribution is 2.38. The van der Waals surface area contributed by atoms with Gasteiger partial charge in [-0.2, -0.15) is 18.4 Å². The number of alkyl halides is 3. The molecule has 0 bridgehead atoms. The van der Waals surface area contributed by atoms with Gasteiger partial charge in [0.15, 0.2) is 0 Å². The number of hydrogen-bond donors (Lipinski definition) is 2. The SMILES string of the molecule is N#Cc1cccc(C(=O)NCc2cccc(C3=NOC(O)(C(F)(F)F)C3)c2)c1. The van der Waals surface area contributed by atoms with Crippen LogP contribution in [0.15, 0.2) is 53.7 Å². The van der Waals surface area contributed by atoms with E-state index in [9.17, 15) is 23.1 Å². The highest BCUT2D eigenvalue weighted by Gasteiger charge is 2.60. The van der Waals surface area contributed by atoms with Gasteiger partial charge in [-0.15, -0.1) is 0 Å². The van der Waals surface area contributed by atoms with Crippen LogP contribution in [-0.2, 0) is 11.4 Å². The third kappa shape index (κ3) is 3.97. The number of benzene rings is 2. The predicted molar refractivity (Wildman–Crippen MR) is 92.0 cm³/mol. The molecule has 1 atom stereocenters. The molecule has 1 amide bonds. The van der Waals surface area contributed by atoms with Gasteiger partial charge in [0.2, 0.25) is 0 Å². The molecule has 3 rings (SSSR count). The number of carbonyl (C=O) groups excluding carboxylic acids is 1. The summed E-state index contributed by atoms with van der Waals surface area (Å²) in [5.74, 6) is -3.73. The quantitative estimate of drug-likeness (QED) is 0.841. The van der Waals surface area contributed by atoms with Crippen molar-refractivity contribution in [3.63, 3.8) is 0 Å². The van der Waals surface area contributed by atoms with Crippen molar-refractivity contribution in [1.29, 1.82) is 5.26 Å². The van der Waals surface area contributed by atoms with E-state index in [4.69, 9.17) is 5.26 Å². The van der Waals surface area contributed by atoms with Crippen molar-refractivity contribution in [2.75, 3.05) is 0 Å². The van der Waals surface area contributed by atoms with E-state index in [-0.39, 0.29) is 12.3 Å². The lowest BCUT2D eigenvalue weighted by molar-refractivity contribution is -0.355. The minimum Gasteiger partial charge on any atom is -0.350 e. The molecule has 0 aromatic heterocycles. The van der Waals surface area contributed by atoms with Gasteiger partial charge in [0.1, 0.15) is 0 Å². The zero-order valence-electron chi connectivity index (χ0n) is 14.3. The Labute approximate surface area is 157 Å². The molecule has 1 aliphatic heterocycles. The Morgan fingerprint density at radius 3 is 2.71 bits per heavy atom. The molecule has 0 saturated carbocycles. The van der Waals surface area contributed by atoms with Gasteiger partial charge in [-0.1, -0.05) is 29.4 Å². The van der Waals surface area contributed by atoms with Crippen molar-refractivity contribution in [2.45, 2.75) is 24.9 Å². The fourth-order valence-electron chi connectivity index (χ4n) is 2.60. The van der Waals surface area contributed by atoms with E-state index in [1.807, 2.05) is 6.07 Å². The first-order chi connectivity index (χ1) is 13.2. The largest absolute Gasteiger partial charge is 0.458 e. The van der Waals surface area contributed by atoms with Gasteiger partial charge in [0.25, 0.3) is 5.91 Å². The predicted octanol–water partition coefficient (Wildman–Crippen LogP) is 2.86. The summed E-state index contributed by atoms with van der Waals surface area (Å²) in [5, 5.41) is 24.4. The number of nitriles is 1. The molecule has 1 unspecified atom stereocenters. The molecule has 28 heavy (non-hydrogen) atoms. The molecule has 9 heteroatoms. The number of nitrogens with zero attached hydrogens (tertiary/aromatic N) is 2. The summed E-state index contributed by atoms with van der Waals surface area (Å²) in [6.07, 6.45) is -5.80. The number of halogens is 3. The monoisotopic (exact) mass is 389 g/mol. The molecular formula is C19H14F3N3O3. The van der Waals surface area contributed by atoms with Gasteiger partial charge in [0, 0.05) is 12.1 Å². The van der Waals surface area contributed by atoms with Gasteiger partial charge < -0.3 is 15.3 Å². The van der Waals surface area contributed by atoms with Crippen molar-refractivity contribution in [3.05, 3.63) is 70.8 Å². The van der Waals surface area contributed by atoms with Crippen LogP contribution in [0.5, 0.6) is 0 Å². The number of aliphatic hydroxyl groups is 1. The number of oxime groups is 1. The van der Waals surface area contributed by atoms with Crippen LogP contribution in [0.1, 0.15) is 33.5 Å². The van der Waals surface area contributed by atoms with Crippen LogP contribution in [0.4, 0.5) is 13.2 Å². The first-order valence-electron chi connectivity index (χ1n) is 8.14. The van der Waals surface area contributed by atoms with Gasteiger partial charge in [-0.3, -0.25) is 4.79 Å². The van der Waals surface area contributed by atoms with Crippen LogP contribution in [0, 0.1) is 11.3 Å². The Morgan fingerprint density at radius 2 is 2.04 bits per heavy atom. The second-order valence-corrected chi connectivity index (χ2v) is 6.16. The summed E-state index contributed by atoms with van der Waals surface area (Å²) in [5.41, 5.74) is 1.59. The van der Waals surface area contributed by atoms with Gasteiger partial charge in [-0.05, 0) is 35.4 Å². The van der Waals surface area contributed by atoms with E-state index in [0.717, 1.165) is 0 Å². The van der Waals surface area contributed by atoms with E-state index in [0.29, 0.717) is 22.3 Å². The second-order valence-electron chi connectivity index (χ2n) is 6.16. The van der Waals surface area contributed by atoms with Crippen LogP contribution < -0.4 is 5.32 Å². The third-order valence-electron chi connectivity index (χ3n) is 4.12. The molecule has 2 N–H and O–H groups in total. The van der Waals surface area contributed by atoms with E-state index < -0.39 is 24.3 Å². The highest BCUT2D eigenvalue weighted by molar-refractivity contribution is 6.01. The van der Waals surface area contributed by atoms with Crippen LogP contribution in [0.3, 0.4) is 0 Å². The van der Waals surface area contributed by atoms with E-state index in [1.165, 1.54) is 12.1 Å². The normalized spacial score (nSPS) is 18.8. The molecule has 144 valence electrons. The summed E-state index contributed by atoms with van der Waals surface area (Å²) in [4.78, 5) is 16.4. The smallest absolute Gasteiger partial charge is 0.350 e. The molecular weight excluding hydrogens is 375 g/mol. The van der Waals surface area contributed by atoms with Crippen molar-refractivity contribution in [1.82, 2.24) is 5.32 Å². The van der Waals surface area contributed by atoms with Gasteiger partial charge in [-0.25, -0.2) is 0 Å². The second kappa shape index (κ2) is 7.32. The maximum absolute atomic E-state index is 12.8. The summed E-state index contributed by atoms with van der Waals surface area (Å²) in [6, 6.07) is 14.5. The fraction of sp³-hybridized carbons (Fsp3) is 0.211. The van der Waals surface area contributed by atoms with Crippen LogP contribution in [0.25, 0.3) is 0 Å². The van der Waals surface area contributed by atoms with Gasteiger partial charge >= 0.3 is 12.0 Å². The number of amides is 1. The molecule has 0 spiro atoms. The summed E-state index contributed by atoms with van der Waals surface area (Å²) in [7, 11) is 0. The Bertz CT molecular complexity index is 982. The van der Waals surface area contributed by atoms with E-state index >= 15 is 0 Å². The number of rotatable bonds is 4.